The van der Waals surface area contributed by atoms with Crippen molar-refractivity contribution < 1.29 is 9.50 Å². The lowest BCUT2D eigenvalue weighted by atomic mass is 9.98. The number of anilines is 1. The first-order chi connectivity index (χ1) is 8.72. The van der Waals surface area contributed by atoms with Crippen LogP contribution >= 0.6 is 0 Å². The standard InChI is InChI=1S/C15H22FNO/c1-2-12-4-3-6-17(7-5-12)15-9-13(11-18)8-14(16)10-15/h8-10,12,18H,2-7,11H2,1H3. The van der Waals surface area contributed by atoms with Crippen LogP contribution in [0.1, 0.15) is 38.2 Å². The molecule has 1 atom stereocenters. The Bertz CT molecular complexity index is 394. The van der Waals surface area contributed by atoms with Crippen LogP contribution in [0.5, 0.6) is 0 Å². The number of hydrogen-bond donors (Lipinski definition) is 1. The quantitative estimate of drug-likeness (QED) is 0.890. The van der Waals surface area contributed by atoms with Crippen molar-refractivity contribution in [3.63, 3.8) is 0 Å². The van der Waals surface area contributed by atoms with Crippen LogP contribution < -0.4 is 4.90 Å². The molecule has 100 valence electrons. The molecular weight excluding hydrogens is 229 g/mol. The first kappa shape index (κ1) is 13.3. The van der Waals surface area contributed by atoms with E-state index in [9.17, 15) is 4.39 Å². The average Bonchev–Trinajstić information content (AvgIpc) is 2.63. The maximum absolute atomic E-state index is 13.5. The summed E-state index contributed by atoms with van der Waals surface area (Å²) in [6.45, 7) is 4.13. The van der Waals surface area contributed by atoms with Gasteiger partial charge in [0, 0.05) is 18.8 Å². The van der Waals surface area contributed by atoms with Crippen molar-refractivity contribution in [3.05, 3.63) is 29.6 Å². The summed E-state index contributed by atoms with van der Waals surface area (Å²) in [5.41, 5.74) is 1.57. The molecule has 1 aliphatic rings. The van der Waals surface area contributed by atoms with Gasteiger partial charge in [0.15, 0.2) is 0 Å². The maximum atomic E-state index is 13.5. The topological polar surface area (TPSA) is 23.5 Å². The minimum absolute atomic E-state index is 0.101. The van der Waals surface area contributed by atoms with E-state index in [1.807, 2.05) is 6.07 Å². The zero-order chi connectivity index (χ0) is 13.0. The number of aliphatic hydroxyl groups excluding tert-OH is 1. The summed E-state index contributed by atoms with van der Waals surface area (Å²) in [5.74, 6) is 0.550. The van der Waals surface area contributed by atoms with E-state index in [1.54, 1.807) is 6.07 Å². The Balaban J connectivity index is 2.13. The van der Waals surface area contributed by atoms with E-state index in [4.69, 9.17) is 5.11 Å². The van der Waals surface area contributed by atoms with Gasteiger partial charge in [0.1, 0.15) is 5.82 Å². The molecule has 1 heterocycles. The third kappa shape index (κ3) is 3.22. The van der Waals surface area contributed by atoms with Crippen molar-refractivity contribution in [1.82, 2.24) is 0 Å². The lowest BCUT2D eigenvalue weighted by Gasteiger charge is -2.23. The zero-order valence-electron chi connectivity index (χ0n) is 11.0. The van der Waals surface area contributed by atoms with E-state index in [0.717, 1.165) is 24.7 Å². The highest BCUT2D eigenvalue weighted by Crippen LogP contribution is 2.25. The van der Waals surface area contributed by atoms with Crippen molar-refractivity contribution in [2.75, 3.05) is 18.0 Å². The molecule has 0 radical (unpaired) electrons. The lowest BCUT2D eigenvalue weighted by molar-refractivity contribution is 0.281. The number of aliphatic hydroxyl groups is 1. The average molecular weight is 251 g/mol. The van der Waals surface area contributed by atoms with Gasteiger partial charge in [-0.25, -0.2) is 4.39 Å². The second kappa shape index (κ2) is 6.19. The number of benzene rings is 1. The largest absolute Gasteiger partial charge is 0.392 e. The normalized spacial score (nSPS) is 20.8. The summed E-state index contributed by atoms with van der Waals surface area (Å²) in [6.07, 6.45) is 4.86. The number of halogens is 1. The van der Waals surface area contributed by atoms with Gasteiger partial charge in [0.2, 0.25) is 0 Å². The van der Waals surface area contributed by atoms with E-state index in [1.165, 1.54) is 31.7 Å². The Hall–Kier alpha value is -1.09. The molecule has 0 bridgehead atoms. The molecule has 1 saturated heterocycles. The fraction of sp³-hybridized carbons (Fsp3) is 0.600. The summed E-state index contributed by atoms with van der Waals surface area (Å²) in [4.78, 5) is 2.25. The Morgan fingerprint density at radius 2 is 2.11 bits per heavy atom. The van der Waals surface area contributed by atoms with Crippen LogP contribution in [0.3, 0.4) is 0 Å². The molecule has 18 heavy (non-hydrogen) atoms. The first-order valence-electron chi connectivity index (χ1n) is 6.88. The van der Waals surface area contributed by atoms with E-state index in [2.05, 4.69) is 11.8 Å². The third-order valence-corrected chi connectivity index (χ3v) is 3.92. The summed E-state index contributed by atoms with van der Waals surface area (Å²) in [7, 11) is 0. The van der Waals surface area contributed by atoms with Crippen LogP contribution in [0.25, 0.3) is 0 Å². The Labute approximate surface area is 108 Å². The van der Waals surface area contributed by atoms with E-state index < -0.39 is 0 Å². The minimum atomic E-state index is -0.257. The second-order valence-corrected chi connectivity index (χ2v) is 5.17. The third-order valence-electron chi connectivity index (χ3n) is 3.92. The maximum Gasteiger partial charge on any atom is 0.125 e. The summed E-state index contributed by atoms with van der Waals surface area (Å²) >= 11 is 0. The molecule has 0 aromatic heterocycles. The highest BCUT2D eigenvalue weighted by molar-refractivity contribution is 5.49. The predicted octanol–water partition coefficient (Wildman–Crippen LogP) is 3.33. The molecule has 1 unspecified atom stereocenters. The molecule has 0 aliphatic carbocycles. The molecule has 0 spiro atoms. The van der Waals surface area contributed by atoms with Crippen LogP contribution in [0.2, 0.25) is 0 Å². The molecule has 3 heteroatoms. The molecule has 2 nitrogen and oxygen atoms in total. The van der Waals surface area contributed by atoms with Gasteiger partial charge in [-0.05, 0) is 48.9 Å². The first-order valence-corrected chi connectivity index (χ1v) is 6.88. The fourth-order valence-electron chi connectivity index (χ4n) is 2.74. The molecular formula is C15H22FNO. The molecule has 1 aromatic rings. The fourth-order valence-corrected chi connectivity index (χ4v) is 2.74. The van der Waals surface area contributed by atoms with Crippen molar-refractivity contribution in [3.8, 4) is 0 Å². The van der Waals surface area contributed by atoms with Crippen LogP contribution in [0.15, 0.2) is 18.2 Å². The van der Waals surface area contributed by atoms with Crippen LogP contribution in [-0.4, -0.2) is 18.2 Å². The van der Waals surface area contributed by atoms with E-state index in [0.29, 0.717) is 5.56 Å². The number of nitrogens with zero attached hydrogens (tertiary/aromatic N) is 1. The summed E-state index contributed by atoms with van der Waals surface area (Å²) < 4.78 is 13.5. The van der Waals surface area contributed by atoms with Gasteiger partial charge >= 0.3 is 0 Å². The smallest absolute Gasteiger partial charge is 0.125 e. The van der Waals surface area contributed by atoms with Gasteiger partial charge < -0.3 is 10.0 Å². The predicted molar refractivity (Wildman–Crippen MR) is 72.2 cm³/mol. The van der Waals surface area contributed by atoms with Crippen molar-refractivity contribution >= 4 is 5.69 Å². The van der Waals surface area contributed by atoms with Gasteiger partial charge in [0.25, 0.3) is 0 Å². The zero-order valence-corrected chi connectivity index (χ0v) is 11.0. The second-order valence-electron chi connectivity index (χ2n) is 5.17. The minimum Gasteiger partial charge on any atom is -0.392 e. The van der Waals surface area contributed by atoms with Gasteiger partial charge in [0.05, 0.1) is 6.61 Å². The molecule has 0 amide bonds. The lowest BCUT2D eigenvalue weighted by Crippen LogP contribution is -2.24. The van der Waals surface area contributed by atoms with Crippen molar-refractivity contribution in [1.29, 1.82) is 0 Å². The molecule has 2 rings (SSSR count). The molecule has 0 saturated carbocycles. The number of hydrogen-bond acceptors (Lipinski definition) is 2. The summed E-state index contributed by atoms with van der Waals surface area (Å²) in [5, 5.41) is 9.14. The Kier molecular flexibility index (Phi) is 4.59. The van der Waals surface area contributed by atoms with Gasteiger partial charge in [-0.15, -0.1) is 0 Å². The van der Waals surface area contributed by atoms with Crippen LogP contribution in [0.4, 0.5) is 10.1 Å². The molecule has 1 aromatic carbocycles. The van der Waals surface area contributed by atoms with Gasteiger partial charge in [-0.2, -0.15) is 0 Å². The van der Waals surface area contributed by atoms with Crippen molar-refractivity contribution in [2.45, 2.75) is 39.2 Å². The Morgan fingerprint density at radius 1 is 1.28 bits per heavy atom. The highest BCUT2D eigenvalue weighted by Gasteiger charge is 2.16. The van der Waals surface area contributed by atoms with E-state index >= 15 is 0 Å². The van der Waals surface area contributed by atoms with Gasteiger partial charge in [-0.3, -0.25) is 0 Å². The monoisotopic (exact) mass is 251 g/mol. The Morgan fingerprint density at radius 3 is 2.83 bits per heavy atom. The highest BCUT2D eigenvalue weighted by atomic mass is 19.1. The van der Waals surface area contributed by atoms with Crippen LogP contribution in [-0.2, 0) is 6.61 Å². The van der Waals surface area contributed by atoms with Gasteiger partial charge in [-0.1, -0.05) is 13.3 Å². The van der Waals surface area contributed by atoms with Crippen LogP contribution in [0, 0.1) is 11.7 Å². The molecule has 1 fully saturated rings. The summed E-state index contributed by atoms with van der Waals surface area (Å²) in [6, 6.07) is 4.87. The SMILES string of the molecule is CCC1CCCN(c2cc(F)cc(CO)c2)CC1. The van der Waals surface area contributed by atoms with E-state index in [-0.39, 0.29) is 12.4 Å². The number of rotatable bonds is 3. The molecule has 1 aliphatic heterocycles. The molecule has 1 N–H and O–H groups in total. The van der Waals surface area contributed by atoms with Crippen molar-refractivity contribution in [2.24, 2.45) is 5.92 Å².